The van der Waals surface area contributed by atoms with Crippen LogP contribution in [0.4, 0.5) is 5.82 Å². The van der Waals surface area contributed by atoms with Gasteiger partial charge in [-0.15, -0.1) is 15.3 Å². The highest BCUT2D eigenvalue weighted by molar-refractivity contribution is 5.81. The summed E-state index contributed by atoms with van der Waals surface area (Å²) in [6.07, 6.45) is 0. The molecule has 0 spiro atoms. The number of rotatable bonds is 1. The molecule has 7 nitrogen and oxygen atoms in total. The van der Waals surface area contributed by atoms with Gasteiger partial charge in [-0.2, -0.15) is 4.52 Å². The molecule has 0 saturated carbocycles. The van der Waals surface area contributed by atoms with Gasteiger partial charge in [0.25, 0.3) is 0 Å². The van der Waals surface area contributed by atoms with E-state index in [2.05, 4.69) is 20.2 Å². The molecule has 2 aromatic rings. The Morgan fingerprint density at radius 3 is 2.41 bits per heavy atom. The first kappa shape index (κ1) is 14.7. The first-order valence-electron chi connectivity index (χ1n) is 7.59. The largest absolute Gasteiger partial charge is 0.352 e. The van der Waals surface area contributed by atoms with E-state index in [9.17, 15) is 4.79 Å². The average molecular weight is 302 g/mol. The molecule has 3 rings (SSSR count). The summed E-state index contributed by atoms with van der Waals surface area (Å²) < 4.78 is 1.75. The predicted molar refractivity (Wildman–Crippen MR) is 83.8 cm³/mol. The molecule has 1 fully saturated rings. The van der Waals surface area contributed by atoms with Crippen LogP contribution in [0, 0.1) is 12.3 Å². The van der Waals surface area contributed by atoms with E-state index in [1.807, 2.05) is 44.7 Å². The lowest BCUT2D eigenvalue weighted by molar-refractivity contribution is -0.139. The molecule has 22 heavy (non-hydrogen) atoms. The van der Waals surface area contributed by atoms with Gasteiger partial charge in [-0.1, -0.05) is 20.8 Å². The van der Waals surface area contributed by atoms with E-state index in [0.29, 0.717) is 0 Å². The van der Waals surface area contributed by atoms with E-state index in [4.69, 9.17) is 0 Å². The van der Waals surface area contributed by atoms with Crippen LogP contribution in [0.25, 0.3) is 5.65 Å². The second-order valence-electron chi connectivity index (χ2n) is 6.74. The summed E-state index contributed by atoms with van der Waals surface area (Å²) in [7, 11) is 0. The van der Waals surface area contributed by atoms with Crippen molar-refractivity contribution in [3.05, 3.63) is 18.0 Å². The zero-order valence-electron chi connectivity index (χ0n) is 13.6. The summed E-state index contributed by atoms with van der Waals surface area (Å²) in [4.78, 5) is 16.5. The van der Waals surface area contributed by atoms with Crippen molar-refractivity contribution in [3.8, 4) is 0 Å². The van der Waals surface area contributed by atoms with Gasteiger partial charge in [0.15, 0.2) is 11.5 Å². The lowest BCUT2D eigenvalue weighted by Gasteiger charge is -2.38. The summed E-state index contributed by atoms with van der Waals surface area (Å²) in [5.41, 5.74) is 0.432. The van der Waals surface area contributed by atoms with Gasteiger partial charge < -0.3 is 9.80 Å². The Morgan fingerprint density at radius 1 is 1.09 bits per heavy atom. The minimum atomic E-state index is -0.321. The lowest BCUT2D eigenvalue weighted by atomic mass is 9.94. The molecule has 0 radical (unpaired) electrons. The molecular weight excluding hydrogens is 280 g/mol. The van der Waals surface area contributed by atoms with Crippen molar-refractivity contribution in [2.75, 3.05) is 31.1 Å². The number of hydrogen-bond donors (Lipinski definition) is 0. The Kier molecular flexibility index (Phi) is 3.50. The molecule has 118 valence electrons. The quantitative estimate of drug-likeness (QED) is 0.790. The molecule has 1 aliphatic rings. The highest BCUT2D eigenvalue weighted by Crippen LogP contribution is 2.20. The van der Waals surface area contributed by atoms with Gasteiger partial charge in [0.1, 0.15) is 5.82 Å². The van der Waals surface area contributed by atoms with Crippen molar-refractivity contribution < 1.29 is 4.79 Å². The van der Waals surface area contributed by atoms with Crippen LogP contribution in [-0.4, -0.2) is 56.8 Å². The Balaban J connectivity index is 1.72. The van der Waals surface area contributed by atoms with E-state index < -0.39 is 0 Å². The molecule has 1 amide bonds. The predicted octanol–water partition coefficient (Wildman–Crippen LogP) is 1.13. The molecular formula is C15H22N6O. The smallest absolute Gasteiger partial charge is 0.228 e. The van der Waals surface area contributed by atoms with Gasteiger partial charge >= 0.3 is 0 Å². The van der Waals surface area contributed by atoms with Gasteiger partial charge in [0.05, 0.1) is 0 Å². The molecule has 2 aromatic heterocycles. The molecule has 0 bridgehead atoms. The van der Waals surface area contributed by atoms with Crippen LogP contribution in [0.15, 0.2) is 12.1 Å². The minimum Gasteiger partial charge on any atom is -0.352 e. The van der Waals surface area contributed by atoms with Gasteiger partial charge in [0, 0.05) is 31.6 Å². The van der Waals surface area contributed by atoms with Crippen LogP contribution < -0.4 is 4.90 Å². The second kappa shape index (κ2) is 5.23. The Bertz CT molecular complexity index is 694. The van der Waals surface area contributed by atoms with Crippen molar-refractivity contribution in [1.82, 2.24) is 24.7 Å². The van der Waals surface area contributed by atoms with Gasteiger partial charge in [0.2, 0.25) is 5.91 Å². The van der Waals surface area contributed by atoms with Crippen molar-refractivity contribution in [1.29, 1.82) is 0 Å². The highest BCUT2D eigenvalue weighted by Gasteiger charge is 2.30. The fraction of sp³-hybridized carbons (Fsp3) is 0.600. The van der Waals surface area contributed by atoms with Crippen LogP contribution in [-0.2, 0) is 4.79 Å². The third-order valence-electron chi connectivity index (χ3n) is 3.94. The van der Waals surface area contributed by atoms with Crippen LogP contribution in [0.1, 0.15) is 26.6 Å². The van der Waals surface area contributed by atoms with Crippen LogP contribution >= 0.6 is 0 Å². The lowest BCUT2D eigenvalue weighted by Crippen LogP contribution is -2.51. The Hall–Kier alpha value is -2.18. The standard InChI is InChI=1S/C15H22N6O/c1-11-16-17-12-5-6-13(18-21(11)12)19-7-9-20(10-8-19)14(22)15(2,3)4/h5-6H,7-10H2,1-4H3. The van der Waals surface area contributed by atoms with Crippen molar-refractivity contribution in [2.45, 2.75) is 27.7 Å². The van der Waals surface area contributed by atoms with Crippen LogP contribution in [0.5, 0.6) is 0 Å². The minimum absolute atomic E-state index is 0.213. The van der Waals surface area contributed by atoms with Crippen LogP contribution in [0.3, 0.4) is 0 Å². The summed E-state index contributed by atoms with van der Waals surface area (Å²) in [6.45, 7) is 10.8. The fourth-order valence-corrected chi connectivity index (χ4v) is 2.67. The number of aromatic nitrogens is 4. The van der Waals surface area contributed by atoms with Gasteiger partial charge in [-0.25, -0.2) is 0 Å². The van der Waals surface area contributed by atoms with Gasteiger partial charge in [-0.3, -0.25) is 4.79 Å². The molecule has 3 heterocycles. The summed E-state index contributed by atoms with van der Waals surface area (Å²) in [5.74, 6) is 1.89. The topological polar surface area (TPSA) is 66.6 Å². The van der Waals surface area contributed by atoms with Crippen molar-refractivity contribution in [2.24, 2.45) is 5.41 Å². The summed E-state index contributed by atoms with van der Waals surface area (Å²) in [5, 5.41) is 12.7. The molecule has 1 aliphatic heterocycles. The maximum Gasteiger partial charge on any atom is 0.228 e. The monoisotopic (exact) mass is 302 g/mol. The van der Waals surface area contributed by atoms with E-state index in [-0.39, 0.29) is 11.3 Å². The maximum absolute atomic E-state index is 12.3. The maximum atomic E-state index is 12.3. The number of aryl methyl sites for hydroxylation is 1. The SMILES string of the molecule is Cc1nnc2ccc(N3CCN(C(=O)C(C)(C)C)CC3)nn12. The van der Waals surface area contributed by atoms with E-state index in [0.717, 1.165) is 43.5 Å². The molecule has 0 unspecified atom stereocenters. The zero-order chi connectivity index (χ0) is 15.9. The number of carbonyl (C=O) groups is 1. The third kappa shape index (κ3) is 2.63. The molecule has 7 heteroatoms. The molecule has 0 atom stereocenters. The number of anilines is 1. The van der Waals surface area contributed by atoms with Crippen LogP contribution in [0.2, 0.25) is 0 Å². The third-order valence-corrected chi connectivity index (χ3v) is 3.94. The Morgan fingerprint density at radius 2 is 1.77 bits per heavy atom. The van der Waals surface area contributed by atoms with E-state index in [1.165, 1.54) is 0 Å². The summed E-state index contributed by atoms with van der Waals surface area (Å²) >= 11 is 0. The number of nitrogens with zero attached hydrogens (tertiary/aromatic N) is 6. The van der Waals surface area contributed by atoms with Crippen molar-refractivity contribution >= 4 is 17.4 Å². The van der Waals surface area contributed by atoms with E-state index in [1.54, 1.807) is 4.52 Å². The number of amides is 1. The molecule has 0 N–H and O–H groups in total. The van der Waals surface area contributed by atoms with Crippen molar-refractivity contribution in [3.63, 3.8) is 0 Å². The highest BCUT2D eigenvalue weighted by atomic mass is 16.2. The first-order chi connectivity index (χ1) is 10.4. The molecule has 1 saturated heterocycles. The summed E-state index contributed by atoms with van der Waals surface area (Å²) in [6, 6.07) is 3.89. The van der Waals surface area contributed by atoms with Gasteiger partial charge in [-0.05, 0) is 19.1 Å². The second-order valence-corrected chi connectivity index (χ2v) is 6.74. The fourth-order valence-electron chi connectivity index (χ4n) is 2.67. The average Bonchev–Trinajstić information content (AvgIpc) is 2.87. The number of carbonyl (C=O) groups excluding carboxylic acids is 1. The number of fused-ring (bicyclic) bond motifs is 1. The molecule has 0 aliphatic carbocycles. The number of piperazine rings is 1. The Labute approximate surface area is 129 Å². The zero-order valence-corrected chi connectivity index (χ0v) is 13.6. The number of hydrogen-bond acceptors (Lipinski definition) is 5. The molecule has 0 aromatic carbocycles. The van der Waals surface area contributed by atoms with E-state index >= 15 is 0 Å². The first-order valence-corrected chi connectivity index (χ1v) is 7.59. The normalized spacial score (nSPS) is 16.4.